The van der Waals surface area contributed by atoms with Crippen molar-refractivity contribution in [2.24, 2.45) is 0 Å². The summed E-state index contributed by atoms with van der Waals surface area (Å²) in [7, 11) is 1.57. The molecule has 0 aliphatic carbocycles. The highest BCUT2D eigenvalue weighted by molar-refractivity contribution is 5.76. The number of ether oxygens (including phenoxy) is 2. The van der Waals surface area contributed by atoms with E-state index >= 15 is 0 Å². The minimum atomic E-state index is -4.37. The first kappa shape index (κ1) is 19.6. The van der Waals surface area contributed by atoms with E-state index in [1.54, 1.807) is 38.3 Å². The molecule has 1 unspecified atom stereocenters. The average Bonchev–Trinajstić information content (AvgIpc) is 2.61. The highest BCUT2D eigenvalue weighted by atomic mass is 19.4. The van der Waals surface area contributed by atoms with Crippen molar-refractivity contribution in [2.45, 2.75) is 25.6 Å². The maximum Gasteiger partial charge on any atom is 0.416 e. The van der Waals surface area contributed by atoms with Crippen molar-refractivity contribution < 1.29 is 27.4 Å². The zero-order chi connectivity index (χ0) is 19.2. The largest absolute Gasteiger partial charge is 0.497 e. The number of nitrogens with one attached hydrogen (secondary N) is 1. The fourth-order valence-electron chi connectivity index (χ4n) is 2.29. The van der Waals surface area contributed by atoms with Crippen LogP contribution in [0.3, 0.4) is 0 Å². The van der Waals surface area contributed by atoms with Crippen molar-refractivity contribution in [3.8, 4) is 11.5 Å². The van der Waals surface area contributed by atoms with E-state index in [-0.39, 0.29) is 18.9 Å². The molecule has 4 nitrogen and oxygen atoms in total. The summed E-state index contributed by atoms with van der Waals surface area (Å²) in [6.45, 7) is 1.91. The van der Waals surface area contributed by atoms with Gasteiger partial charge in [0.05, 0.1) is 31.7 Å². The van der Waals surface area contributed by atoms with E-state index in [1.165, 1.54) is 12.1 Å². The standard InChI is InChI=1S/C19H20F3NO3/c1-13(14-3-5-15(6-4-14)19(20,21)22)23-18(24)11-12-26-17-9-7-16(25-2)8-10-17/h3-10,13H,11-12H2,1-2H3,(H,23,24). The van der Waals surface area contributed by atoms with Gasteiger partial charge in [-0.15, -0.1) is 0 Å². The molecular weight excluding hydrogens is 347 g/mol. The number of carbonyl (C=O) groups is 1. The Kier molecular flexibility index (Phi) is 6.49. The van der Waals surface area contributed by atoms with Gasteiger partial charge in [-0.05, 0) is 48.9 Å². The summed E-state index contributed by atoms with van der Waals surface area (Å²) < 4.78 is 48.2. The van der Waals surface area contributed by atoms with Gasteiger partial charge in [-0.2, -0.15) is 13.2 Å². The number of carbonyl (C=O) groups excluding carboxylic acids is 1. The van der Waals surface area contributed by atoms with Crippen molar-refractivity contribution >= 4 is 5.91 Å². The normalized spacial score (nSPS) is 12.3. The first-order valence-corrected chi connectivity index (χ1v) is 8.03. The molecule has 140 valence electrons. The van der Waals surface area contributed by atoms with Crippen LogP contribution in [0.2, 0.25) is 0 Å². The van der Waals surface area contributed by atoms with E-state index in [2.05, 4.69) is 5.32 Å². The van der Waals surface area contributed by atoms with Crippen molar-refractivity contribution in [2.75, 3.05) is 13.7 Å². The molecule has 0 fully saturated rings. The smallest absolute Gasteiger partial charge is 0.416 e. The van der Waals surface area contributed by atoms with Crippen molar-refractivity contribution in [3.63, 3.8) is 0 Å². The Morgan fingerprint density at radius 3 is 2.15 bits per heavy atom. The van der Waals surface area contributed by atoms with Gasteiger partial charge in [0.15, 0.2) is 0 Å². The summed E-state index contributed by atoms with van der Waals surface area (Å²) >= 11 is 0. The Labute approximate surface area is 149 Å². The van der Waals surface area contributed by atoms with Crippen LogP contribution in [-0.2, 0) is 11.0 Å². The predicted octanol–water partition coefficient (Wildman–Crippen LogP) is 4.36. The molecule has 2 aromatic carbocycles. The van der Waals surface area contributed by atoms with Crippen LogP contribution < -0.4 is 14.8 Å². The lowest BCUT2D eigenvalue weighted by Gasteiger charge is -2.15. The minimum absolute atomic E-state index is 0.136. The van der Waals surface area contributed by atoms with Crippen LogP contribution in [0, 0.1) is 0 Å². The maximum atomic E-state index is 12.6. The van der Waals surface area contributed by atoms with Crippen molar-refractivity contribution in [3.05, 3.63) is 59.7 Å². The Morgan fingerprint density at radius 1 is 1.04 bits per heavy atom. The first-order valence-electron chi connectivity index (χ1n) is 8.03. The third-order valence-corrected chi connectivity index (χ3v) is 3.77. The summed E-state index contributed by atoms with van der Waals surface area (Å²) in [6.07, 6.45) is -4.24. The summed E-state index contributed by atoms with van der Waals surface area (Å²) in [5.41, 5.74) is -0.116. The number of halogens is 3. The minimum Gasteiger partial charge on any atom is -0.497 e. The van der Waals surface area contributed by atoms with Gasteiger partial charge >= 0.3 is 6.18 Å². The number of benzene rings is 2. The molecule has 1 N–H and O–H groups in total. The van der Waals surface area contributed by atoms with E-state index in [4.69, 9.17) is 9.47 Å². The van der Waals surface area contributed by atoms with E-state index in [9.17, 15) is 18.0 Å². The monoisotopic (exact) mass is 367 g/mol. The van der Waals surface area contributed by atoms with Gasteiger partial charge in [0, 0.05) is 0 Å². The molecule has 0 saturated heterocycles. The second-order valence-corrected chi connectivity index (χ2v) is 5.68. The van der Waals surface area contributed by atoms with Crippen LogP contribution in [0.25, 0.3) is 0 Å². The van der Waals surface area contributed by atoms with Crippen LogP contribution >= 0.6 is 0 Å². The Hall–Kier alpha value is -2.70. The summed E-state index contributed by atoms with van der Waals surface area (Å²) in [6, 6.07) is 11.3. The van der Waals surface area contributed by atoms with E-state index < -0.39 is 17.8 Å². The van der Waals surface area contributed by atoms with Crippen molar-refractivity contribution in [1.82, 2.24) is 5.32 Å². The van der Waals surface area contributed by atoms with Crippen LogP contribution in [0.4, 0.5) is 13.2 Å². The molecule has 1 amide bonds. The molecule has 0 heterocycles. The topological polar surface area (TPSA) is 47.6 Å². The molecule has 0 aliphatic heterocycles. The SMILES string of the molecule is COc1ccc(OCCC(=O)NC(C)c2ccc(C(F)(F)F)cc2)cc1. The van der Waals surface area contributed by atoms with Crippen LogP contribution in [-0.4, -0.2) is 19.6 Å². The highest BCUT2D eigenvalue weighted by Gasteiger charge is 2.30. The molecule has 0 bridgehead atoms. The Balaban J connectivity index is 1.79. The summed E-state index contributed by atoms with van der Waals surface area (Å²) in [5.74, 6) is 1.08. The molecule has 0 aromatic heterocycles. The van der Waals surface area contributed by atoms with Crippen LogP contribution in [0.1, 0.15) is 30.5 Å². The first-order chi connectivity index (χ1) is 12.3. The quantitative estimate of drug-likeness (QED) is 0.791. The Morgan fingerprint density at radius 2 is 1.62 bits per heavy atom. The van der Waals surface area contributed by atoms with Crippen LogP contribution in [0.15, 0.2) is 48.5 Å². The number of amides is 1. The lowest BCUT2D eigenvalue weighted by Crippen LogP contribution is -2.27. The molecule has 0 saturated carbocycles. The fraction of sp³-hybridized carbons (Fsp3) is 0.316. The second-order valence-electron chi connectivity index (χ2n) is 5.68. The maximum absolute atomic E-state index is 12.6. The van der Waals surface area contributed by atoms with Gasteiger partial charge in [0.1, 0.15) is 11.5 Å². The molecule has 26 heavy (non-hydrogen) atoms. The molecule has 0 spiro atoms. The lowest BCUT2D eigenvalue weighted by atomic mass is 10.1. The predicted molar refractivity (Wildman–Crippen MR) is 91.1 cm³/mol. The zero-order valence-corrected chi connectivity index (χ0v) is 14.5. The molecule has 0 aliphatic rings. The third-order valence-electron chi connectivity index (χ3n) is 3.77. The molecular formula is C19H20F3NO3. The van der Waals surface area contributed by atoms with Crippen molar-refractivity contribution in [1.29, 1.82) is 0 Å². The molecule has 0 radical (unpaired) electrons. The van der Waals surface area contributed by atoms with Gasteiger partial charge in [0.2, 0.25) is 5.91 Å². The van der Waals surface area contributed by atoms with Gasteiger partial charge < -0.3 is 14.8 Å². The number of methoxy groups -OCH3 is 1. The highest BCUT2D eigenvalue weighted by Crippen LogP contribution is 2.29. The fourth-order valence-corrected chi connectivity index (χ4v) is 2.29. The van der Waals surface area contributed by atoms with E-state index in [1.807, 2.05) is 0 Å². The van der Waals surface area contributed by atoms with Gasteiger partial charge in [-0.3, -0.25) is 4.79 Å². The lowest BCUT2D eigenvalue weighted by molar-refractivity contribution is -0.137. The summed E-state index contributed by atoms with van der Waals surface area (Å²) in [4.78, 5) is 12.0. The number of hydrogen-bond donors (Lipinski definition) is 1. The molecule has 2 rings (SSSR count). The van der Waals surface area contributed by atoms with Gasteiger partial charge in [-0.25, -0.2) is 0 Å². The molecule has 7 heteroatoms. The number of alkyl halides is 3. The van der Waals surface area contributed by atoms with Gasteiger partial charge in [-0.1, -0.05) is 12.1 Å². The number of rotatable bonds is 7. The zero-order valence-electron chi connectivity index (χ0n) is 14.5. The molecule has 2 aromatic rings. The summed E-state index contributed by atoms with van der Waals surface area (Å²) in [5, 5.41) is 2.74. The average molecular weight is 367 g/mol. The second kappa shape index (κ2) is 8.60. The number of hydrogen-bond acceptors (Lipinski definition) is 3. The van der Waals surface area contributed by atoms with E-state index in [0.717, 1.165) is 12.1 Å². The molecule has 1 atom stereocenters. The van der Waals surface area contributed by atoms with Gasteiger partial charge in [0.25, 0.3) is 0 Å². The Bertz CT molecular complexity index is 712. The third kappa shape index (κ3) is 5.68. The van der Waals surface area contributed by atoms with Crippen LogP contribution in [0.5, 0.6) is 11.5 Å². The van der Waals surface area contributed by atoms with E-state index in [0.29, 0.717) is 17.1 Å².